The number of nitriles is 1. The summed E-state index contributed by atoms with van der Waals surface area (Å²) in [6.45, 7) is 0.204. The Balaban J connectivity index is 1.61. The summed E-state index contributed by atoms with van der Waals surface area (Å²) in [6.07, 6.45) is 1.73. The Bertz CT molecular complexity index is 1430. The van der Waals surface area contributed by atoms with Crippen LogP contribution in [0.3, 0.4) is 0 Å². The molecule has 174 valence electrons. The molecule has 1 fully saturated rings. The number of aliphatic imine (C=N–C) groups is 1. The number of carboxylic acid groups (broad SMARTS) is 1. The molecule has 0 bridgehead atoms. The number of carbonyl (C=O) groups excluding carboxylic acids is 1. The SMILES string of the molecule is CN1C(=O)/C(=C/c2cc(Br)ccc2OCc2ccccc2C#N)SC1=Nc1cccc(C(=O)O)c1. The van der Waals surface area contributed by atoms with Crippen molar-refractivity contribution in [3.05, 3.63) is 98.4 Å². The van der Waals surface area contributed by atoms with Crippen LogP contribution in [0.1, 0.15) is 27.0 Å². The number of likely N-dealkylation sites (N-methyl/N-ethyl adjacent to an activating group) is 1. The lowest BCUT2D eigenvalue weighted by molar-refractivity contribution is -0.121. The average molecular weight is 548 g/mol. The van der Waals surface area contributed by atoms with Gasteiger partial charge in [-0.3, -0.25) is 9.69 Å². The number of thioether (sulfide) groups is 1. The molecule has 7 nitrogen and oxygen atoms in total. The third-order valence-corrected chi connectivity index (χ3v) is 6.65. The van der Waals surface area contributed by atoms with Crippen LogP contribution in [-0.2, 0) is 11.4 Å². The number of aromatic carboxylic acids is 1. The molecule has 1 heterocycles. The first kappa shape index (κ1) is 24.3. The molecule has 0 saturated carbocycles. The summed E-state index contributed by atoms with van der Waals surface area (Å²) in [5.41, 5.74) is 2.55. The summed E-state index contributed by atoms with van der Waals surface area (Å²) in [7, 11) is 1.62. The van der Waals surface area contributed by atoms with Crippen LogP contribution in [-0.4, -0.2) is 34.1 Å². The number of halogens is 1. The van der Waals surface area contributed by atoms with Crippen LogP contribution in [0.4, 0.5) is 5.69 Å². The van der Waals surface area contributed by atoms with E-state index in [2.05, 4.69) is 27.0 Å². The number of rotatable bonds is 6. The lowest BCUT2D eigenvalue weighted by Gasteiger charge is -2.11. The van der Waals surface area contributed by atoms with Crippen LogP contribution in [0.5, 0.6) is 5.75 Å². The first-order valence-corrected chi connectivity index (χ1v) is 12.0. The molecule has 1 N–H and O–H groups in total. The Kier molecular flexibility index (Phi) is 7.34. The minimum absolute atomic E-state index is 0.119. The Morgan fingerprint density at radius 2 is 2.00 bits per heavy atom. The van der Waals surface area contributed by atoms with Crippen LogP contribution in [0.2, 0.25) is 0 Å². The van der Waals surface area contributed by atoms with Gasteiger partial charge in [0.25, 0.3) is 5.91 Å². The highest BCUT2D eigenvalue weighted by Crippen LogP contribution is 2.36. The van der Waals surface area contributed by atoms with E-state index in [1.165, 1.54) is 28.8 Å². The van der Waals surface area contributed by atoms with Gasteiger partial charge in [-0.05, 0) is 60.3 Å². The summed E-state index contributed by atoms with van der Waals surface area (Å²) in [5.74, 6) is -0.719. The maximum atomic E-state index is 12.9. The third-order valence-electron chi connectivity index (χ3n) is 5.10. The molecule has 1 aliphatic heterocycles. The minimum Gasteiger partial charge on any atom is -0.488 e. The van der Waals surface area contributed by atoms with Gasteiger partial charge >= 0.3 is 5.97 Å². The van der Waals surface area contributed by atoms with Crippen LogP contribution < -0.4 is 4.74 Å². The van der Waals surface area contributed by atoms with Gasteiger partial charge in [-0.2, -0.15) is 5.26 Å². The zero-order valence-electron chi connectivity index (χ0n) is 18.4. The number of amidine groups is 1. The van der Waals surface area contributed by atoms with Gasteiger partial charge in [0.05, 0.1) is 27.8 Å². The van der Waals surface area contributed by atoms with Gasteiger partial charge in [0.1, 0.15) is 12.4 Å². The molecule has 0 spiro atoms. The highest BCUT2D eigenvalue weighted by atomic mass is 79.9. The van der Waals surface area contributed by atoms with Gasteiger partial charge in [-0.1, -0.05) is 40.2 Å². The van der Waals surface area contributed by atoms with E-state index in [1.807, 2.05) is 24.3 Å². The second-order valence-electron chi connectivity index (χ2n) is 7.46. The molecule has 3 aromatic rings. The Morgan fingerprint density at radius 1 is 1.20 bits per heavy atom. The van der Waals surface area contributed by atoms with Gasteiger partial charge in [-0.15, -0.1) is 0 Å². The summed E-state index contributed by atoms with van der Waals surface area (Å²) >= 11 is 4.66. The van der Waals surface area contributed by atoms with Gasteiger partial charge < -0.3 is 9.84 Å². The molecule has 0 aromatic heterocycles. The van der Waals surface area contributed by atoms with E-state index in [4.69, 9.17) is 4.74 Å². The number of nitrogens with zero attached hydrogens (tertiary/aromatic N) is 3. The predicted octanol–water partition coefficient (Wildman–Crippen LogP) is 5.83. The third kappa shape index (κ3) is 5.62. The maximum Gasteiger partial charge on any atom is 0.335 e. The van der Waals surface area contributed by atoms with Crippen molar-refractivity contribution in [2.75, 3.05) is 7.05 Å². The fourth-order valence-electron chi connectivity index (χ4n) is 3.29. The van der Waals surface area contributed by atoms with E-state index in [0.29, 0.717) is 32.6 Å². The van der Waals surface area contributed by atoms with Gasteiger partial charge in [0.2, 0.25) is 0 Å². The standard InChI is InChI=1S/C26H18BrN3O4S/c1-30-24(31)23(35-26(30)29-21-8-4-7-16(12-21)25(32)33)13-19-11-20(27)9-10-22(19)34-15-18-6-3-2-5-17(18)14-28/h2-13H,15H2,1H3,(H,32,33)/b23-13-,29-26?. The van der Waals surface area contributed by atoms with E-state index >= 15 is 0 Å². The zero-order valence-corrected chi connectivity index (χ0v) is 20.8. The first-order chi connectivity index (χ1) is 16.9. The number of hydrogen-bond acceptors (Lipinski definition) is 6. The van der Waals surface area contributed by atoms with E-state index in [-0.39, 0.29) is 18.1 Å². The van der Waals surface area contributed by atoms with Crippen molar-refractivity contribution in [3.8, 4) is 11.8 Å². The molecule has 0 aliphatic carbocycles. The van der Waals surface area contributed by atoms with Gasteiger partial charge in [0.15, 0.2) is 5.17 Å². The molecular weight excluding hydrogens is 530 g/mol. The van der Waals surface area contributed by atoms with Crippen molar-refractivity contribution < 1.29 is 19.4 Å². The molecule has 0 radical (unpaired) electrons. The smallest absolute Gasteiger partial charge is 0.335 e. The summed E-state index contributed by atoms with van der Waals surface area (Å²) < 4.78 is 6.83. The van der Waals surface area contributed by atoms with E-state index in [0.717, 1.165) is 10.0 Å². The molecule has 9 heteroatoms. The van der Waals surface area contributed by atoms with Crippen LogP contribution >= 0.6 is 27.7 Å². The molecule has 0 unspecified atom stereocenters. The second kappa shape index (κ2) is 10.6. The van der Waals surface area contributed by atoms with Crippen LogP contribution in [0.25, 0.3) is 6.08 Å². The summed E-state index contributed by atoms with van der Waals surface area (Å²) in [4.78, 5) is 30.5. The molecule has 1 aliphatic rings. The van der Waals surface area contributed by atoms with Crippen molar-refractivity contribution in [1.29, 1.82) is 5.26 Å². The highest BCUT2D eigenvalue weighted by molar-refractivity contribution is 9.10. The molecule has 1 saturated heterocycles. The van der Waals surface area contributed by atoms with Crippen molar-refractivity contribution in [1.82, 2.24) is 4.90 Å². The molecule has 0 atom stereocenters. The fraction of sp³-hybridized carbons (Fsp3) is 0.0769. The quantitative estimate of drug-likeness (QED) is 0.389. The number of hydrogen-bond donors (Lipinski definition) is 1. The second-order valence-corrected chi connectivity index (χ2v) is 9.39. The monoisotopic (exact) mass is 547 g/mol. The Hall–Kier alpha value is -3.87. The summed E-state index contributed by atoms with van der Waals surface area (Å²) in [5, 5.41) is 19.0. The van der Waals surface area contributed by atoms with Crippen molar-refractivity contribution in [3.63, 3.8) is 0 Å². The zero-order chi connectivity index (χ0) is 24.9. The van der Waals surface area contributed by atoms with E-state index in [9.17, 15) is 20.0 Å². The van der Waals surface area contributed by atoms with Crippen molar-refractivity contribution >= 4 is 56.5 Å². The van der Waals surface area contributed by atoms with Crippen LogP contribution in [0, 0.1) is 11.3 Å². The lowest BCUT2D eigenvalue weighted by Crippen LogP contribution is -2.23. The van der Waals surface area contributed by atoms with Crippen molar-refractivity contribution in [2.45, 2.75) is 6.61 Å². The molecular formula is C26H18BrN3O4S. The normalized spacial score (nSPS) is 15.5. The fourth-order valence-corrected chi connectivity index (χ4v) is 4.64. The number of ether oxygens (including phenoxy) is 1. The van der Waals surface area contributed by atoms with Crippen LogP contribution in [0.15, 0.2) is 81.1 Å². The van der Waals surface area contributed by atoms with Gasteiger partial charge in [0, 0.05) is 22.6 Å². The lowest BCUT2D eigenvalue weighted by atomic mass is 10.1. The molecule has 4 rings (SSSR count). The van der Waals surface area contributed by atoms with Crippen molar-refractivity contribution in [2.24, 2.45) is 4.99 Å². The topological polar surface area (TPSA) is 103 Å². The largest absolute Gasteiger partial charge is 0.488 e. The number of carbonyl (C=O) groups is 2. The number of amides is 1. The molecule has 3 aromatic carbocycles. The molecule has 35 heavy (non-hydrogen) atoms. The maximum absolute atomic E-state index is 12.9. The number of carboxylic acids is 1. The first-order valence-electron chi connectivity index (χ1n) is 10.4. The number of benzene rings is 3. The summed E-state index contributed by atoms with van der Waals surface area (Å²) in [6, 6.07) is 21.1. The minimum atomic E-state index is -1.05. The molecule has 1 amide bonds. The predicted molar refractivity (Wildman–Crippen MR) is 138 cm³/mol. The average Bonchev–Trinajstić information content (AvgIpc) is 3.11. The Labute approximate surface area is 214 Å². The highest BCUT2D eigenvalue weighted by Gasteiger charge is 2.30. The van der Waals surface area contributed by atoms with Gasteiger partial charge in [-0.25, -0.2) is 9.79 Å². The Morgan fingerprint density at radius 3 is 2.77 bits per heavy atom. The van der Waals surface area contributed by atoms with E-state index < -0.39 is 5.97 Å². The van der Waals surface area contributed by atoms with E-state index in [1.54, 1.807) is 43.5 Å².